The van der Waals surface area contributed by atoms with E-state index in [0.717, 1.165) is 23.5 Å². The smallest absolute Gasteiger partial charge is 0.139 e. The first kappa shape index (κ1) is 12.4. The van der Waals surface area contributed by atoms with Crippen LogP contribution in [0.5, 0.6) is 0 Å². The molecule has 0 spiro atoms. The molecule has 0 aromatic carbocycles. The van der Waals surface area contributed by atoms with Gasteiger partial charge >= 0.3 is 0 Å². The fourth-order valence-electron chi connectivity index (χ4n) is 1.75. The molecule has 1 aromatic rings. The third-order valence-electron chi connectivity index (χ3n) is 2.40. The SMILES string of the molecule is CCCC(C)CC(=O)Cc1csc(C)n1. The van der Waals surface area contributed by atoms with Crippen molar-refractivity contribution in [2.45, 2.75) is 46.5 Å². The molecule has 0 aliphatic carbocycles. The molecule has 0 radical (unpaired) electrons. The number of Topliss-reactive ketones (excluding diaryl/α,β-unsaturated/α-hetero) is 1. The zero-order valence-corrected chi connectivity index (χ0v) is 10.6. The normalized spacial score (nSPS) is 12.7. The van der Waals surface area contributed by atoms with Gasteiger partial charge in [0.25, 0.3) is 0 Å². The first-order valence-electron chi connectivity index (χ1n) is 5.54. The Hall–Kier alpha value is -0.700. The standard InChI is InChI=1S/C12H19NOS/c1-4-5-9(2)6-12(14)7-11-8-15-10(3)13-11/h8-9H,4-7H2,1-3H3. The van der Waals surface area contributed by atoms with Crippen LogP contribution in [0.1, 0.15) is 43.8 Å². The molecule has 0 amide bonds. The number of aryl methyl sites for hydroxylation is 1. The fourth-order valence-corrected chi connectivity index (χ4v) is 2.36. The molecule has 1 unspecified atom stereocenters. The predicted octanol–water partition coefficient (Wildman–Crippen LogP) is 3.39. The highest BCUT2D eigenvalue weighted by Crippen LogP contribution is 2.14. The lowest BCUT2D eigenvalue weighted by atomic mass is 9.98. The summed E-state index contributed by atoms with van der Waals surface area (Å²) < 4.78 is 0. The summed E-state index contributed by atoms with van der Waals surface area (Å²) in [5, 5.41) is 3.02. The van der Waals surface area contributed by atoms with Crippen molar-refractivity contribution in [1.82, 2.24) is 4.98 Å². The number of rotatable bonds is 6. The van der Waals surface area contributed by atoms with Gasteiger partial charge in [0.05, 0.1) is 10.7 Å². The van der Waals surface area contributed by atoms with Gasteiger partial charge in [0.1, 0.15) is 5.78 Å². The molecule has 0 bridgehead atoms. The Bertz CT molecular complexity index is 319. The van der Waals surface area contributed by atoms with E-state index < -0.39 is 0 Å². The average Bonchev–Trinajstić information content (AvgIpc) is 2.51. The van der Waals surface area contributed by atoms with Gasteiger partial charge in [-0.3, -0.25) is 4.79 Å². The van der Waals surface area contributed by atoms with Gasteiger partial charge in [-0.05, 0) is 12.8 Å². The van der Waals surface area contributed by atoms with Gasteiger partial charge in [-0.2, -0.15) is 0 Å². The highest BCUT2D eigenvalue weighted by Gasteiger charge is 2.10. The van der Waals surface area contributed by atoms with E-state index >= 15 is 0 Å². The van der Waals surface area contributed by atoms with Crippen LogP contribution >= 0.6 is 11.3 Å². The summed E-state index contributed by atoms with van der Waals surface area (Å²) in [5.41, 5.74) is 0.936. The summed E-state index contributed by atoms with van der Waals surface area (Å²) in [7, 11) is 0. The maximum atomic E-state index is 11.7. The van der Waals surface area contributed by atoms with Crippen molar-refractivity contribution in [2.75, 3.05) is 0 Å². The summed E-state index contributed by atoms with van der Waals surface area (Å²) in [4.78, 5) is 16.0. The lowest BCUT2D eigenvalue weighted by Gasteiger charge is -2.07. The molecule has 2 nitrogen and oxygen atoms in total. The van der Waals surface area contributed by atoms with Crippen LogP contribution in [-0.4, -0.2) is 10.8 Å². The van der Waals surface area contributed by atoms with Gasteiger partial charge in [-0.25, -0.2) is 4.98 Å². The largest absolute Gasteiger partial charge is 0.299 e. The van der Waals surface area contributed by atoms with Crippen molar-refractivity contribution in [3.8, 4) is 0 Å². The summed E-state index contributed by atoms with van der Waals surface area (Å²) in [6.07, 6.45) is 3.51. The van der Waals surface area contributed by atoms with Gasteiger partial charge in [0.15, 0.2) is 0 Å². The molecule has 1 atom stereocenters. The second-order valence-corrected chi connectivity index (χ2v) is 5.23. The van der Waals surface area contributed by atoms with E-state index in [1.54, 1.807) is 11.3 Å². The molecule has 0 N–H and O–H groups in total. The Labute approximate surface area is 95.7 Å². The Kier molecular flexibility index (Phi) is 4.95. The lowest BCUT2D eigenvalue weighted by molar-refractivity contribution is -0.119. The van der Waals surface area contributed by atoms with Crippen LogP contribution in [-0.2, 0) is 11.2 Å². The maximum Gasteiger partial charge on any atom is 0.139 e. The molecule has 15 heavy (non-hydrogen) atoms. The number of aromatic nitrogens is 1. The van der Waals surface area contributed by atoms with Gasteiger partial charge in [0, 0.05) is 18.2 Å². The van der Waals surface area contributed by atoms with Crippen molar-refractivity contribution >= 4 is 17.1 Å². The van der Waals surface area contributed by atoms with Crippen LogP contribution in [0.4, 0.5) is 0 Å². The molecule has 1 aromatic heterocycles. The Morgan fingerprint density at radius 2 is 2.33 bits per heavy atom. The highest BCUT2D eigenvalue weighted by molar-refractivity contribution is 7.09. The van der Waals surface area contributed by atoms with Crippen LogP contribution in [0, 0.1) is 12.8 Å². The predicted molar refractivity (Wildman–Crippen MR) is 64.3 cm³/mol. The summed E-state index contributed by atoms with van der Waals surface area (Å²) in [5.74, 6) is 0.837. The summed E-state index contributed by atoms with van der Waals surface area (Å²) >= 11 is 1.61. The van der Waals surface area contributed by atoms with E-state index in [9.17, 15) is 4.79 Å². The maximum absolute atomic E-state index is 11.7. The number of thiazole rings is 1. The molecule has 84 valence electrons. The quantitative estimate of drug-likeness (QED) is 0.742. The molecular weight excluding hydrogens is 206 g/mol. The van der Waals surface area contributed by atoms with E-state index in [4.69, 9.17) is 0 Å². The van der Waals surface area contributed by atoms with E-state index in [1.165, 1.54) is 0 Å². The highest BCUT2D eigenvalue weighted by atomic mass is 32.1. The van der Waals surface area contributed by atoms with Gasteiger partial charge in [-0.15, -0.1) is 11.3 Å². The minimum atomic E-state index is 0.321. The monoisotopic (exact) mass is 225 g/mol. The van der Waals surface area contributed by atoms with E-state index in [0.29, 0.717) is 24.5 Å². The number of hydrogen-bond donors (Lipinski definition) is 0. The van der Waals surface area contributed by atoms with E-state index in [1.807, 2.05) is 12.3 Å². The van der Waals surface area contributed by atoms with Crippen molar-refractivity contribution in [3.05, 3.63) is 16.1 Å². The Balaban J connectivity index is 2.36. The second kappa shape index (κ2) is 6.01. The molecule has 0 aliphatic rings. The zero-order valence-electron chi connectivity index (χ0n) is 9.75. The van der Waals surface area contributed by atoms with Crippen LogP contribution < -0.4 is 0 Å². The Morgan fingerprint density at radius 1 is 1.60 bits per heavy atom. The van der Waals surface area contributed by atoms with Gasteiger partial charge in [-0.1, -0.05) is 26.7 Å². The first-order chi connectivity index (χ1) is 7.11. The van der Waals surface area contributed by atoms with Crippen LogP contribution in [0.15, 0.2) is 5.38 Å². The van der Waals surface area contributed by atoms with Crippen molar-refractivity contribution in [1.29, 1.82) is 0 Å². The number of carbonyl (C=O) groups is 1. The number of hydrogen-bond acceptors (Lipinski definition) is 3. The van der Waals surface area contributed by atoms with Crippen LogP contribution in [0.25, 0.3) is 0 Å². The molecule has 1 rings (SSSR count). The van der Waals surface area contributed by atoms with Crippen molar-refractivity contribution in [2.24, 2.45) is 5.92 Å². The first-order valence-corrected chi connectivity index (χ1v) is 6.42. The summed E-state index contributed by atoms with van der Waals surface area (Å²) in [6, 6.07) is 0. The van der Waals surface area contributed by atoms with Crippen molar-refractivity contribution < 1.29 is 4.79 Å². The topological polar surface area (TPSA) is 30.0 Å². The van der Waals surface area contributed by atoms with Crippen LogP contribution in [0.3, 0.4) is 0 Å². The summed E-state index contributed by atoms with van der Waals surface area (Å²) in [6.45, 7) is 6.27. The second-order valence-electron chi connectivity index (χ2n) is 4.17. The lowest BCUT2D eigenvalue weighted by Crippen LogP contribution is -2.08. The molecule has 0 aliphatic heterocycles. The number of ketones is 1. The number of nitrogens with zero attached hydrogens (tertiary/aromatic N) is 1. The molecule has 3 heteroatoms. The molecule has 0 saturated carbocycles. The molecule has 0 fully saturated rings. The zero-order chi connectivity index (χ0) is 11.3. The molecule has 0 saturated heterocycles. The van der Waals surface area contributed by atoms with Gasteiger partial charge in [0.2, 0.25) is 0 Å². The number of carbonyl (C=O) groups excluding carboxylic acids is 1. The fraction of sp³-hybridized carbons (Fsp3) is 0.667. The van der Waals surface area contributed by atoms with E-state index in [-0.39, 0.29) is 0 Å². The van der Waals surface area contributed by atoms with Gasteiger partial charge < -0.3 is 0 Å². The Morgan fingerprint density at radius 3 is 2.87 bits per heavy atom. The molecule has 1 heterocycles. The van der Waals surface area contributed by atoms with Crippen molar-refractivity contribution in [3.63, 3.8) is 0 Å². The van der Waals surface area contributed by atoms with E-state index in [2.05, 4.69) is 18.8 Å². The molecular formula is C12H19NOS. The third-order valence-corrected chi connectivity index (χ3v) is 3.22. The minimum absolute atomic E-state index is 0.321. The minimum Gasteiger partial charge on any atom is -0.299 e. The third kappa shape index (κ3) is 4.56. The average molecular weight is 225 g/mol. The van der Waals surface area contributed by atoms with Crippen LogP contribution in [0.2, 0.25) is 0 Å².